The van der Waals surface area contributed by atoms with Crippen molar-refractivity contribution in [3.05, 3.63) is 35.1 Å². The average molecular weight is 293 g/mol. The third-order valence-electron chi connectivity index (χ3n) is 5.07. The summed E-state index contributed by atoms with van der Waals surface area (Å²) < 4.78 is 14.4. The Bertz CT molecular complexity index is 489. The molecule has 3 nitrogen and oxygen atoms in total. The first-order valence-electron chi connectivity index (χ1n) is 7.80. The molecular weight excluding hydrogens is 265 g/mol. The zero-order chi connectivity index (χ0) is 15.6. The lowest BCUT2D eigenvalue weighted by Crippen LogP contribution is -2.57. The summed E-state index contributed by atoms with van der Waals surface area (Å²) in [6.07, 6.45) is 4.46. The average Bonchev–Trinajstić information content (AvgIpc) is 2.43. The van der Waals surface area contributed by atoms with Crippen LogP contribution in [0.4, 0.5) is 4.39 Å². The van der Waals surface area contributed by atoms with Crippen molar-refractivity contribution in [1.29, 1.82) is 0 Å². The number of nitrogens with two attached hydrogens (primary N) is 1. The van der Waals surface area contributed by atoms with Gasteiger partial charge in [-0.1, -0.05) is 37.5 Å². The van der Waals surface area contributed by atoms with Gasteiger partial charge in [-0.3, -0.25) is 11.3 Å². The van der Waals surface area contributed by atoms with Crippen molar-refractivity contribution in [3.8, 4) is 0 Å². The van der Waals surface area contributed by atoms with Crippen molar-refractivity contribution in [3.63, 3.8) is 0 Å². The maximum atomic E-state index is 14.4. The summed E-state index contributed by atoms with van der Waals surface area (Å²) in [6.45, 7) is 4.26. The molecule has 1 aromatic carbocycles. The molecule has 1 saturated carbocycles. The fraction of sp³-hybridized carbons (Fsp3) is 0.647. The Morgan fingerprint density at radius 2 is 2.14 bits per heavy atom. The maximum absolute atomic E-state index is 14.4. The number of hydrazine groups is 1. The zero-order valence-corrected chi connectivity index (χ0v) is 13.6. The molecule has 1 fully saturated rings. The van der Waals surface area contributed by atoms with Crippen LogP contribution in [0.25, 0.3) is 0 Å². The minimum absolute atomic E-state index is 0.138. The predicted molar refractivity (Wildman–Crippen MR) is 85.3 cm³/mol. The number of hydrogen-bond donors (Lipinski definition) is 2. The lowest BCUT2D eigenvalue weighted by atomic mass is 9.69. The van der Waals surface area contributed by atoms with E-state index in [9.17, 15) is 4.39 Å². The summed E-state index contributed by atoms with van der Waals surface area (Å²) in [7, 11) is 4.16. The largest absolute Gasteiger partial charge is 0.302 e. The van der Waals surface area contributed by atoms with Crippen LogP contribution in [-0.2, 0) is 0 Å². The first-order chi connectivity index (χ1) is 9.90. The number of aryl methyl sites for hydroxylation is 1. The molecule has 118 valence electrons. The lowest BCUT2D eigenvalue weighted by Gasteiger charge is -2.50. The molecule has 0 radical (unpaired) electrons. The van der Waals surface area contributed by atoms with E-state index in [0.717, 1.165) is 24.8 Å². The van der Waals surface area contributed by atoms with Crippen LogP contribution in [0.5, 0.6) is 0 Å². The summed E-state index contributed by atoms with van der Waals surface area (Å²) in [5, 5.41) is 0. The van der Waals surface area contributed by atoms with Gasteiger partial charge in [0.25, 0.3) is 0 Å². The Morgan fingerprint density at radius 3 is 2.71 bits per heavy atom. The molecule has 2 rings (SSSR count). The van der Waals surface area contributed by atoms with Crippen LogP contribution in [0.3, 0.4) is 0 Å². The molecule has 0 spiro atoms. The summed E-state index contributed by atoms with van der Waals surface area (Å²) in [5.41, 5.74) is 4.52. The molecular formula is C17H28FN3. The topological polar surface area (TPSA) is 41.3 Å². The summed E-state index contributed by atoms with van der Waals surface area (Å²) >= 11 is 0. The van der Waals surface area contributed by atoms with Crippen LogP contribution < -0.4 is 11.3 Å². The molecule has 0 heterocycles. The lowest BCUT2D eigenvalue weighted by molar-refractivity contribution is 0.0354. The number of halogens is 1. The second kappa shape index (κ2) is 6.42. The van der Waals surface area contributed by atoms with Crippen LogP contribution in [0.15, 0.2) is 18.2 Å². The summed E-state index contributed by atoms with van der Waals surface area (Å²) in [4.78, 5) is 2.23. The highest BCUT2D eigenvalue weighted by atomic mass is 19.1. The standard InChI is InChI=1S/C17H28FN3/c1-12-7-8-15(18)14(10-12)16(20-19)17(21(3)4)9-5-6-13(2)11-17/h7-8,10,13,16,20H,5-6,9,11,19H2,1-4H3. The minimum atomic E-state index is -0.199. The minimum Gasteiger partial charge on any atom is -0.302 e. The second-order valence-electron chi connectivity index (χ2n) is 6.82. The number of rotatable bonds is 4. The number of hydrogen-bond acceptors (Lipinski definition) is 3. The van der Waals surface area contributed by atoms with Gasteiger partial charge in [-0.25, -0.2) is 4.39 Å². The normalized spacial score (nSPS) is 27.9. The van der Waals surface area contributed by atoms with Crippen LogP contribution in [0.2, 0.25) is 0 Å². The van der Waals surface area contributed by atoms with Crippen molar-refractivity contribution >= 4 is 0 Å². The van der Waals surface area contributed by atoms with E-state index in [1.807, 2.05) is 13.0 Å². The third kappa shape index (κ3) is 3.12. The molecule has 0 aromatic heterocycles. The fourth-order valence-corrected chi connectivity index (χ4v) is 3.91. The van der Waals surface area contributed by atoms with Gasteiger partial charge in [-0.15, -0.1) is 0 Å². The van der Waals surface area contributed by atoms with E-state index in [1.54, 1.807) is 12.1 Å². The second-order valence-corrected chi connectivity index (χ2v) is 6.82. The van der Waals surface area contributed by atoms with Crippen LogP contribution in [-0.4, -0.2) is 24.5 Å². The van der Waals surface area contributed by atoms with Crippen molar-refractivity contribution in [2.75, 3.05) is 14.1 Å². The first kappa shape index (κ1) is 16.4. The van der Waals surface area contributed by atoms with Crippen LogP contribution in [0, 0.1) is 18.7 Å². The van der Waals surface area contributed by atoms with E-state index in [-0.39, 0.29) is 17.4 Å². The quantitative estimate of drug-likeness (QED) is 0.662. The van der Waals surface area contributed by atoms with E-state index < -0.39 is 0 Å². The highest BCUT2D eigenvalue weighted by molar-refractivity contribution is 5.30. The van der Waals surface area contributed by atoms with E-state index >= 15 is 0 Å². The Hall–Kier alpha value is -0.970. The van der Waals surface area contributed by atoms with Gasteiger partial charge in [0.15, 0.2) is 0 Å². The van der Waals surface area contributed by atoms with Gasteiger partial charge in [-0.2, -0.15) is 0 Å². The smallest absolute Gasteiger partial charge is 0.128 e. The third-order valence-corrected chi connectivity index (χ3v) is 5.07. The number of nitrogens with zero attached hydrogens (tertiary/aromatic N) is 1. The number of nitrogens with one attached hydrogen (secondary N) is 1. The molecule has 3 unspecified atom stereocenters. The van der Waals surface area contributed by atoms with Gasteiger partial charge in [0, 0.05) is 11.1 Å². The highest BCUT2D eigenvalue weighted by Crippen LogP contribution is 2.44. The van der Waals surface area contributed by atoms with Crippen molar-refractivity contribution < 1.29 is 4.39 Å². The molecule has 0 aliphatic heterocycles. The van der Waals surface area contributed by atoms with Crippen molar-refractivity contribution in [2.45, 2.75) is 51.1 Å². The van der Waals surface area contributed by atoms with Crippen molar-refractivity contribution in [2.24, 2.45) is 11.8 Å². The molecule has 0 bridgehead atoms. The molecule has 21 heavy (non-hydrogen) atoms. The summed E-state index contributed by atoms with van der Waals surface area (Å²) in [6, 6.07) is 5.07. The van der Waals surface area contributed by atoms with Crippen LogP contribution in [0.1, 0.15) is 49.8 Å². The van der Waals surface area contributed by atoms with Gasteiger partial charge in [0.1, 0.15) is 5.82 Å². The number of likely N-dealkylation sites (N-methyl/N-ethyl adjacent to an activating group) is 1. The Kier molecular flexibility index (Phi) is 5.02. The Labute approximate surface area is 127 Å². The Morgan fingerprint density at radius 1 is 1.43 bits per heavy atom. The van der Waals surface area contributed by atoms with E-state index in [0.29, 0.717) is 11.5 Å². The van der Waals surface area contributed by atoms with Gasteiger partial charge in [0.05, 0.1) is 6.04 Å². The zero-order valence-electron chi connectivity index (χ0n) is 13.6. The first-order valence-corrected chi connectivity index (χ1v) is 7.80. The highest BCUT2D eigenvalue weighted by Gasteiger charge is 2.44. The van der Waals surface area contributed by atoms with Gasteiger partial charge >= 0.3 is 0 Å². The monoisotopic (exact) mass is 293 g/mol. The number of benzene rings is 1. The van der Waals surface area contributed by atoms with Gasteiger partial charge in [0.2, 0.25) is 0 Å². The molecule has 1 aromatic rings. The molecule has 0 saturated heterocycles. The molecule has 3 N–H and O–H groups in total. The van der Waals surface area contributed by atoms with E-state index in [4.69, 9.17) is 5.84 Å². The predicted octanol–water partition coefficient (Wildman–Crippen LogP) is 3.15. The SMILES string of the molecule is Cc1ccc(F)c(C(NN)C2(N(C)C)CCCC(C)C2)c1. The molecule has 0 amide bonds. The molecule has 1 aliphatic carbocycles. The summed E-state index contributed by atoms with van der Waals surface area (Å²) in [5.74, 6) is 6.33. The van der Waals surface area contributed by atoms with Crippen LogP contribution >= 0.6 is 0 Å². The van der Waals surface area contributed by atoms with Crippen molar-refractivity contribution in [1.82, 2.24) is 10.3 Å². The molecule has 1 aliphatic rings. The molecule has 3 atom stereocenters. The van der Waals surface area contributed by atoms with E-state index in [2.05, 4.69) is 31.3 Å². The van der Waals surface area contributed by atoms with E-state index in [1.165, 1.54) is 6.42 Å². The van der Waals surface area contributed by atoms with Gasteiger partial charge < -0.3 is 4.90 Å². The maximum Gasteiger partial charge on any atom is 0.128 e. The Balaban J connectivity index is 2.47. The van der Waals surface area contributed by atoms with Gasteiger partial charge in [-0.05, 0) is 45.8 Å². The molecule has 4 heteroatoms. The fourth-order valence-electron chi connectivity index (χ4n) is 3.91.